The highest BCUT2D eigenvalue weighted by Crippen LogP contribution is 2.29. The molecule has 0 radical (unpaired) electrons. The molecule has 0 aliphatic rings. The summed E-state index contributed by atoms with van der Waals surface area (Å²) in [7, 11) is 0. The second-order valence-corrected chi connectivity index (χ2v) is 7.08. The second kappa shape index (κ2) is 8.15. The topological polar surface area (TPSA) is 93.5 Å². The third-order valence-electron chi connectivity index (χ3n) is 4.02. The van der Waals surface area contributed by atoms with Crippen molar-refractivity contribution in [1.29, 1.82) is 0 Å². The number of nitrogens with one attached hydrogen (secondary N) is 2. The van der Waals surface area contributed by atoms with Crippen molar-refractivity contribution in [2.45, 2.75) is 6.92 Å². The number of benzene rings is 2. The molecule has 0 saturated heterocycles. The van der Waals surface area contributed by atoms with Crippen LogP contribution in [-0.4, -0.2) is 23.4 Å². The number of amides is 2. The maximum absolute atomic E-state index is 12.6. The first-order valence-electron chi connectivity index (χ1n) is 8.92. The van der Waals surface area contributed by atoms with Gasteiger partial charge in [-0.05, 0) is 55.5 Å². The van der Waals surface area contributed by atoms with Gasteiger partial charge in [0, 0.05) is 11.3 Å². The molecule has 0 unspecified atom stereocenters. The summed E-state index contributed by atoms with van der Waals surface area (Å²) in [6.07, 6.45) is 1.42. The first-order valence-corrected chi connectivity index (χ1v) is 9.73. The summed E-state index contributed by atoms with van der Waals surface area (Å²) in [5.74, 6) is 0.259. The van der Waals surface area contributed by atoms with Gasteiger partial charge in [-0.15, -0.1) is 0 Å². The fourth-order valence-corrected chi connectivity index (χ4v) is 3.61. The maximum atomic E-state index is 12.6. The molecule has 0 saturated carbocycles. The van der Waals surface area contributed by atoms with E-state index in [4.69, 9.17) is 9.15 Å². The Morgan fingerprint density at radius 2 is 1.97 bits per heavy atom. The summed E-state index contributed by atoms with van der Waals surface area (Å²) in [6, 6.07) is 15.5. The van der Waals surface area contributed by atoms with Gasteiger partial charge in [-0.1, -0.05) is 17.4 Å². The van der Waals surface area contributed by atoms with Gasteiger partial charge < -0.3 is 14.5 Å². The van der Waals surface area contributed by atoms with Gasteiger partial charge in [-0.25, -0.2) is 4.98 Å². The minimum atomic E-state index is -0.385. The lowest BCUT2D eigenvalue weighted by atomic mass is 10.2. The van der Waals surface area contributed by atoms with Gasteiger partial charge in [-0.3, -0.25) is 14.9 Å². The standard InChI is InChI=1S/C21H17N3O4S/c1-2-27-15-8-9-16-18(12-15)29-21(23-16)24-19(25)13-5-3-6-14(11-13)22-20(26)17-7-4-10-28-17/h3-12H,2H2,1H3,(H,22,26)(H,23,24,25). The Balaban J connectivity index is 1.48. The first-order chi connectivity index (χ1) is 14.1. The molecule has 0 aliphatic heterocycles. The summed E-state index contributed by atoms with van der Waals surface area (Å²) in [4.78, 5) is 29.2. The van der Waals surface area contributed by atoms with E-state index in [0.29, 0.717) is 23.0 Å². The van der Waals surface area contributed by atoms with Crippen molar-refractivity contribution in [3.05, 3.63) is 72.2 Å². The van der Waals surface area contributed by atoms with E-state index in [-0.39, 0.29) is 17.6 Å². The Labute approximate surface area is 170 Å². The van der Waals surface area contributed by atoms with Gasteiger partial charge in [0.15, 0.2) is 10.9 Å². The quantitative estimate of drug-likeness (QED) is 0.479. The van der Waals surface area contributed by atoms with Crippen molar-refractivity contribution in [2.24, 2.45) is 0 Å². The maximum Gasteiger partial charge on any atom is 0.291 e. The number of aromatic nitrogens is 1. The van der Waals surface area contributed by atoms with Crippen LogP contribution in [0.2, 0.25) is 0 Å². The smallest absolute Gasteiger partial charge is 0.291 e. The average Bonchev–Trinajstić information content (AvgIpc) is 3.38. The molecule has 146 valence electrons. The van der Waals surface area contributed by atoms with E-state index in [9.17, 15) is 9.59 Å². The van der Waals surface area contributed by atoms with E-state index in [2.05, 4.69) is 15.6 Å². The number of hydrogen-bond donors (Lipinski definition) is 2. The highest BCUT2D eigenvalue weighted by molar-refractivity contribution is 7.22. The molecule has 2 aromatic carbocycles. The highest BCUT2D eigenvalue weighted by atomic mass is 32.1. The highest BCUT2D eigenvalue weighted by Gasteiger charge is 2.13. The summed E-state index contributed by atoms with van der Waals surface area (Å²) in [5.41, 5.74) is 1.68. The van der Waals surface area contributed by atoms with Crippen LogP contribution >= 0.6 is 11.3 Å². The summed E-state index contributed by atoms with van der Waals surface area (Å²) >= 11 is 1.37. The van der Waals surface area contributed by atoms with E-state index in [0.717, 1.165) is 16.0 Å². The predicted octanol–water partition coefficient (Wildman–Crippen LogP) is 4.79. The molecular formula is C21H17N3O4S. The van der Waals surface area contributed by atoms with Gasteiger partial charge in [-0.2, -0.15) is 0 Å². The van der Waals surface area contributed by atoms with Crippen LogP contribution in [0.1, 0.15) is 27.8 Å². The van der Waals surface area contributed by atoms with Crippen molar-refractivity contribution in [3.8, 4) is 5.75 Å². The van der Waals surface area contributed by atoms with Crippen LogP contribution in [0.3, 0.4) is 0 Å². The number of hydrogen-bond acceptors (Lipinski definition) is 6. The first kappa shape index (κ1) is 18.7. The number of rotatable bonds is 6. The van der Waals surface area contributed by atoms with Crippen molar-refractivity contribution < 1.29 is 18.7 Å². The van der Waals surface area contributed by atoms with Crippen molar-refractivity contribution >= 4 is 44.2 Å². The zero-order valence-electron chi connectivity index (χ0n) is 15.5. The lowest BCUT2D eigenvalue weighted by Gasteiger charge is -2.06. The van der Waals surface area contributed by atoms with Gasteiger partial charge in [0.05, 0.1) is 23.1 Å². The number of nitrogens with zero attached hydrogens (tertiary/aromatic N) is 1. The largest absolute Gasteiger partial charge is 0.494 e. The van der Waals surface area contributed by atoms with Crippen LogP contribution in [0, 0.1) is 0 Å². The lowest BCUT2D eigenvalue weighted by Crippen LogP contribution is -2.14. The van der Waals surface area contributed by atoms with E-state index < -0.39 is 0 Å². The average molecular weight is 407 g/mol. The van der Waals surface area contributed by atoms with Crippen molar-refractivity contribution in [2.75, 3.05) is 17.2 Å². The lowest BCUT2D eigenvalue weighted by molar-refractivity contribution is 0.0993. The summed E-state index contributed by atoms with van der Waals surface area (Å²) < 4.78 is 11.5. The van der Waals surface area contributed by atoms with Crippen LogP contribution in [-0.2, 0) is 0 Å². The molecule has 7 nitrogen and oxygen atoms in total. The molecular weight excluding hydrogens is 390 g/mol. The number of anilines is 2. The summed E-state index contributed by atoms with van der Waals surface area (Å²) in [5, 5.41) is 6.00. The Morgan fingerprint density at radius 3 is 2.76 bits per heavy atom. The molecule has 2 amide bonds. The normalized spacial score (nSPS) is 10.7. The number of furan rings is 1. The van der Waals surface area contributed by atoms with E-state index in [1.807, 2.05) is 25.1 Å². The van der Waals surface area contributed by atoms with Gasteiger partial charge >= 0.3 is 0 Å². The third-order valence-corrected chi connectivity index (χ3v) is 4.95. The number of carbonyl (C=O) groups is 2. The van der Waals surface area contributed by atoms with Crippen LogP contribution < -0.4 is 15.4 Å². The molecule has 2 aromatic heterocycles. The molecule has 0 atom stereocenters. The molecule has 29 heavy (non-hydrogen) atoms. The number of fused-ring (bicyclic) bond motifs is 1. The molecule has 8 heteroatoms. The van der Waals surface area contributed by atoms with Crippen LogP contribution in [0.5, 0.6) is 5.75 Å². The monoisotopic (exact) mass is 407 g/mol. The van der Waals surface area contributed by atoms with E-state index >= 15 is 0 Å². The zero-order valence-corrected chi connectivity index (χ0v) is 16.3. The van der Waals surface area contributed by atoms with Crippen molar-refractivity contribution in [3.63, 3.8) is 0 Å². The fourth-order valence-electron chi connectivity index (χ4n) is 2.72. The van der Waals surface area contributed by atoms with Crippen LogP contribution in [0.25, 0.3) is 10.2 Å². The van der Waals surface area contributed by atoms with Crippen molar-refractivity contribution in [1.82, 2.24) is 4.98 Å². The van der Waals surface area contributed by atoms with Crippen LogP contribution in [0.4, 0.5) is 10.8 Å². The van der Waals surface area contributed by atoms with Crippen LogP contribution in [0.15, 0.2) is 65.3 Å². The SMILES string of the molecule is CCOc1ccc2nc(NC(=O)c3cccc(NC(=O)c4ccco4)c3)sc2c1. The number of carbonyl (C=O) groups excluding carboxylic acids is 2. The minimum absolute atomic E-state index is 0.195. The van der Waals surface area contributed by atoms with Gasteiger partial charge in [0.2, 0.25) is 0 Å². The molecule has 2 N–H and O–H groups in total. The molecule has 4 rings (SSSR count). The number of ether oxygens (including phenoxy) is 1. The zero-order chi connectivity index (χ0) is 20.2. The predicted molar refractivity (Wildman–Crippen MR) is 112 cm³/mol. The molecule has 0 aliphatic carbocycles. The molecule has 2 heterocycles. The Morgan fingerprint density at radius 1 is 1.07 bits per heavy atom. The molecule has 0 spiro atoms. The van der Waals surface area contributed by atoms with E-state index in [1.165, 1.54) is 17.6 Å². The molecule has 4 aromatic rings. The molecule has 0 fully saturated rings. The second-order valence-electron chi connectivity index (χ2n) is 6.05. The Hall–Kier alpha value is -3.65. The fraction of sp³-hybridized carbons (Fsp3) is 0.0952. The third kappa shape index (κ3) is 4.27. The molecule has 0 bridgehead atoms. The Kier molecular flexibility index (Phi) is 5.26. The van der Waals surface area contributed by atoms with Gasteiger partial charge in [0.25, 0.3) is 11.8 Å². The summed E-state index contributed by atoms with van der Waals surface area (Å²) in [6.45, 7) is 2.51. The minimum Gasteiger partial charge on any atom is -0.494 e. The van der Waals surface area contributed by atoms with Gasteiger partial charge in [0.1, 0.15) is 5.75 Å². The Bertz CT molecular complexity index is 1170. The van der Waals surface area contributed by atoms with E-state index in [1.54, 1.807) is 36.4 Å². The number of thiazole rings is 1.